The minimum absolute atomic E-state index is 0.0483. The smallest absolute Gasteiger partial charge is 0.312 e. The lowest BCUT2D eigenvalue weighted by molar-refractivity contribution is -0.116. The van der Waals surface area contributed by atoms with Gasteiger partial charge in [-0.25, -0.2) is 9.78 Å². The zero-order chi connectivity index (χ0) is 21.0. The van der Waals surface area contributed by atoms with E-state index in [4.69, 9.17) is 0 Å². The number of nitrogens with one attached hydrogen (secondary N) is 2. The molecule has 0 unspecified atom stereocenters. The van der Waals surface area contributed by atoms with Crippen molar-refractivity contribution >= 4 is 11.7 Å². The van der Waals surface area contributed by atoms with Crippen molar-refractivity contribution in [2.75, 3.05) is 5.32 Å². The summed E-state index contributed by atoms with van der Waals surface area (Å²) < 4.78 is 0. The number of hydrogen-bond acceptors (Lipinski definition) is 3. The largest absolute Gasteiger partial charge is 0.346 e. The zero-order valence-electron chi connectivity index (χ0n) is 18.6. The van der Waals surface area contributed by atoms with Gasteiger partial charge in [0, 0.05) is 12.6 Å². The van der Waals surface area contributed by atoms with Crippen molar-refractivity contribution in [3.63, 3.8) is 0 Å². The highest BCUT2D eigenvalue weighted by Crippen LogP contribution is 2.14. The maximum Gasteiger partial charge on any atom is 0.346 e. The zero-order valence-corrected chi connectivity index (χ0v) is 18.6. The SMILES string of the molecule is CCCCCCCCCCCCCCCCCCCC(=O)Nc1ccnc(=O)[nH]1. The van der Waals surface area contributed by atoms with Gasteiger partial charge >= 0.3 is 5.69 Å². The first-order valence-electron chi connectivity index (χ1n) is 12.1. The second-order valence-electron chi connectivity index (χ2n) is 8.24. The van der Waals surface area contributed by atoms with Crippen LogP contribution in [0.1, 0.15) is 122 Å². The van der Waals surface area contributed by atoms with E-state index in [0.29, 0.717) is 12.2 Å². The Bertz CT molecular complexity index is 571. The molecule has 0 bridgehead atoms. The average molecular weight is 406 g/mol. The first-order valence-corrected chi connectivity index (χ1v) is 12.1. The highest BCUT2D eigenvalue weighted by atomic mass is 16.2. The van der Waals surface area contributed by atoms with Gasteiger partial charge in [0.15, 0.2) is 0 Å². The van der Waals surface area contributed by atoms with Crippen molar-refractivity contribution in [1.82, 2.24) is 9.97 Å². The molecule has 0 aliphatic heterocycles. The van der Waals surface area contributed by atoms with E-state index in [2.05, 4.69) is 22.2 Å². The van der Waals surface area contributed by atoms with E-state index in [0.717, 1.165) is 12.8 Å². The number of nitrogens with zero attached hydrogens (tertiary/aromatic N) is 1. The molecule has 2 N–H and O–H groups in total. The Morgan fingerprint density at radius 2 is 1.24 bits per heavy atom. The summed E-state index contributed by atoms with van der Waals surface area (Å²) in [6, 6.07) is 1.59. The van der Waals surface area contributed by atoms with Crippen LogP contribution in [-0.2, 0) is 4.79 Å². The standard InChI is InChI=1S/C24H43N3O2/c1-2-3-4-5-6-7-8-9-10-11-12-13-14-15-16-17-18-19-23(28)26-22-20-21-25-24(29)27-22/h20-21H,2-19H2,1H3,(H2,25,26,27,28,29). The lowest BCUT2D eigenvalue weighted by Gasteiger charge is -2.05. The summed E-state index contributed by atoms with van der Waals surface area (Å²) in [6.45, 7) is 2.28. The number of hydrogen-bond donors (Lipinski definition) is 2. The van der Waals surface area contributed by atoms with Crippen LogP contribution in [0.3, 0.4) is 0 Å². The van der Waals surface area contributed by atoms with Gasteiger partial charge in [0.1, 0.15) is 5.82 Å². The summed E-state index contributed by atoms with van der Waals surface area (Å²) in [5.74, 6) is 0.370. The number of aromatic amines is 1. The van der Waals surface area contributed by atoms with Crippen LogP contribution < -0.4 is 11.0 Å². The van der Waals surface area contributed by atoms with Gasteiger partial charge in [-0.05, 0) is 12.5 Å². The summed E-state index contributed by atoms with van der Waals surface area (Å²) >= 11 is 0. The van der Waals surface area contributed by atoms with Crippen LogP contribution >= 0.6 is 0 Å². The van der Waals surface area contributed by atoms with E-state index in [1.165, 1.54) is 103 Å². The molecule has 0 spiro atoms. The van der Waals surface area contributed by atoms with Gasteiger partial charge in [-0.3, -0.25) is 9.78 Å². The third kappa shape index (κ3) is 15.9. The highest BCUT2D eigenvalue weighted by molar-refractivity contribution is 5.89. The van der Waals surface area contributed by atoms with Crippen molar-refractivity contribution in [3.8, 4) is 0 Å². The van der Waals surface area contributed by atoms with Gasteiger partial charge in [0.2, 0.25) is 5.91 Å². The van der Waals surface area contributed by atoms with Crippen molar-refractivity contribution in [3.05, 3.63) is 22.7 Å². The minimum Gasteiger partial charge on any atom is -0.312 e. The first kappa shape index (κ1) is 25.4. The van der Waals surface area contributed by atoms with Gasteiger partial charge in [-0.15, -0.1) is 0 Å². The molecule has 0 fully saturated rings. The van der Waals surface area contributed by atoms with Crippen molar-refractivity contribution in [2.45, 2.75) is 122 Å². The lowest BCUT2D eigenvalue weighted by atomic mass is 10.0. The molecule has 0 aliphatic carbocycles. The molecular weight excluding hydrogens is 362 g/mol. The minimum atomic E-state index is -0.444. The molecule has 0 aromatic carbocycles. The Labute approximate surface area is 177 Å². The molecule has 0 saturated carbocycles. The van der Waals surface area contributed by atoms with Crippen LogP contribution in [0, 0.1) is 0 Å². The molecule has 5 nitrogen and oxygen atoms in total. The number of rotatable bonds is 19. The van der Waals surface area contributed by atoms with Gasteiger partial charge in [-0.2, -0.15) is 0 Å². The number of amides is 1. The molecule has 5 heteroatoms. The number of anilines is 1. The molecule has 166 valence electrons. The van der Waals surface area contributed by atoms with Gasteiger partial charge < -0.3 is 5.32 Å². The molecule has 29 heavy (non-hydrogen) atoms. The second kappa shape index (κ2) is 18.4. The number of aromatic nitrogens is 2. The van der Waals surface area contributed by atoms with Crippen molar-refractivity contribution in [2.24, 2.45) is 0 Å². The van der Waals surface area contributed by atoms with Crippen LogP contribution in [0.15, 0.2) is 17.1 Å². The van der Waals surface area contributed by atoms with Crippen molar-refractivity contribution in [1.29, 1.82) is 0 Å². The molecule has 0 atom stereocenters. The fraction of sp³-hybridized carbons (Fsp3) is 0.792. The molecule has 1 heterocycles. The summed E-state index contributed by atoms with van der Waals surface area (Å²) in [5, 5.41) is 2.70. The van der Waals surface area contributed by atoms with Crippen LogP contribution in [0.2, 0.25) is 0 Å². The van der Waals surface area contributed by atoms with Crippen molar-refractivity contribution < 1.29 is 4.79 Å². The highest BCUT2D eigenvalue weighted by Gasteiger charge is 2.03. The third-order valence-electron chi connectivity index (χ3n) is 5.46. The molecule has 0 saturated heterocycles. The second-order valence-corrected chi connectivity index (χ2v) is 8.24. The molecular formula is C24H43N3O2. The van der Waals surface area contributed by atoms with Crippen LogP contribution in [0.25, 0.3) is 0 Å². The monoisotopic (exact) mass is 405 g/mol. The summed E-state index contributed by atoms with van der Waals surface area (Å²) in [5.41, 5.74) is -0.444. The molecule has 0 radical (unpaired) electrons. The molecule has 1 amide bonds. The fourth-order valence-electron chi connectivity index (χ4n) is 3.66. The Hall–Kier alpha value is -1.65. The van der Waals surface area contributed by atoms with E-state index >= 15 is 0 Å². The normalized spacial score (nSPS) is 10.9. The number of carbonyl (C=O) groups excluding carboxylic acids is 1. The summed E-state index contributed by atoms with van der Waals surface area (Å²) in [4.78, 5) is 28.9. The number of unbranched alkanes of at least 4 members (excludes halogenated alkanes) is 16. The Kier molecular flexibility index (Phi) is 16.1. The van der Waals surface area contributed by atoms with E-state index in [1.807, 2.05) is 0 Å². The maximum absolute atomic E-state index is 11.8. The quantitative estimate of drug-likeness (QED) is 0.250. The molecule has 1 aromatic heterocycles. The van der Waals surface area contributed by atoms with E-state index in [1.54, 1.807) is 6.07 Å². The van der Waals surface area contributed by atoms with Gasteiger partial charge in [0.05, 0.1) is 0 Å². The topological polar surface area (TPSA) is 74.8 Å². The van der Waals surface area contributed by atoms with Crippen LogP contribution in [-0.4, -0.2) is 15.9 Å². The predicted molar refractivity (Wildman–Crippen MR) is 122 cm³/mol. The van der Waals surface area contributed by atoms with Gasteiger partial charge in [0.25, 0.3) is 0 Å². The van der Waals surface area contributed by atoms with E-state index in [9.17, 15) is 9.59 Å². The Morgan fingerprint density at radius 1 is 0.793 bits per heavy atom. The lowest BCUT2D eigenvalue weighted by Crippen LogP contribution is -2.17. The molecule has 1 aromatic rings. The maximum atomic E-state index is 11.8. The fourth-order valence-corrected chi connectivity index (χ4v) is 3.66. The third-order valence-corrected chi connectivity index (χ3v) is 5.46. The summed E-state index contributed by atoms with van der Waals surface area (Å²) in [6.07, 6.45) is 24.6. The molecule has 0 aliphatic rings. The van der Waals surface area contributed by atoms with E-state index in [-0.39, 0.29) is 5.91 Å². The average Bonchev–Trinajstić information content (AvgIpc) is 2.70. The number of carbonyl (C=O) groups is 1. The number of H-pyrrole nitrogens is 1. The van der Waals surface area contributed by atoms with Crippen LogP contribution in [0.5, 0.6) is 0 Å². The van der Waals surface area contributed by atoms with Crippen LogP contribution in [0.4, 0.5) is 5.82 Å². The Morgan fingerprint density at radius 3 is 1.69 bits per heavy atom. The van der Waals surface area contributed by atoms with E-state index < -0.39 is 5.69 Å². The molecule has 1 rings (SSSR count). The Balaban J connectivity index is 1.79. The first-order chi connectivity index (χ1) is 14.2. The predicted octanol–water partition coefficient (Wildman–Crippen LogP) is 6.75. The summed E-state index contributed by atoms with van der Waals surface area (Å²) in [7, 11) is 0. The van der Waals surface area contributed by atoms with Gasteiger partial charge in [-0.1, -0.05) is 110 Å².